The lowest BCUT2D eigenvalue weighted by atomic mass is 10.3. The maximum absolute atomic E-state index is 12.0. The molecule has 3 aromatic rings. The van der Waals surface area contributed by atoms with Crippen LogP contribution in [0.5, 0.6) is 0 Å². The van der Waals surface area contributed by atoms with Crippen LogP contribution in [0.2, 0.25) is 5.02 Å². The van der Waals surface area contributed by atoms with E-state index in [0.29, 0.717) is 20.7 Å². The van der Waals surface area contributed by atoms with Crippen molar-refractivity contribution in [1.82, 2.24) is 20.2 Å². The predicted octanol–water partition coefficient (Wildman–Crippen LogP) is 2.98. The van der Waals surface area contributed by atoms with Crippen molar-refractivity contribution < 1.29 is 4.79 Å². The Morgan fingerprint density at radius 3 is 2.92 bits per heavy atom. The highest BCUT2D eigenvalue weighted by molar-refractivity contribution is 7.99. The SMILES string of the molecule is N#Cc1ccsc1NC(=O)CSc1nnnn1-c1ccc(Cl)cc1. The van der Waals surface area contributed by atoms with Crippen molar-refractivity contribution in [1.29, 1.82) is 5.26 Å². The monoisotopic (exact) mass is 376 g/mol. The summed E-state index contributed by atoms with van der Waals surface area (Å²) >= 11 is 8.37. The molecule has 0 saturated heterocycles. The van der Waals surface area contributed by atoms with Gasteiger partial charge in [-0.1, -0.05) is 23.4 Å². The summed E-state index contributed by atoms with van der Waals surface area (Å²) in [6.07, 6.45) is 0. The van der Waals surface area contributed by atoms with Crippen LogP contribution in [0.15, 0.2) is 40.9 Å². The van der Waals surface area contributed by atoms with E-state index in [1.165, 1.54) is 27.8 Å². The number of hydrogen-bond acceptors (Lipinski definition) is 7. The van der Waals surface area contributed by atoms with Gasteiger partial charge in [0.2, 0.25) is 11.1 Å². The van der Waals surface area contributed by atoms with Crippen LogP contribution in [-0.4, -0.2) is 31.9 Å². The molecule has 0 saturated carbocycles. The number of carbonyl (C=O) groups excluding carboxylic acids is 1. The van der Waals surface area contributed by atoms with E-state index in [1.807, 2.05) is 6.07 Å². The highest BCUT2D eigenvalue weighted by Gasteiger charge is 2.13. The maximum Gasteiger partial charge on any atom is 0.235 e. The third-order valence-electron chi connectivity index (χ3n) is 2.88. The Morgan fingerprint density at radius 2 is 2.17 bits per heavy atom. The minimum Gasteiger partial charge on any atom is -0.316 e. The van der Waals surface area contributed by atoms with Gasteiger partial charge in [0.25, 0.3) is 0 Å². The molecule has 0 radical (unpaired) electrons. The Bertz CT molecular complexity index is 899. The first-order valence-corrected chi connectivity index (χ1v) is 8.86. The number of anilines is 1. The van der Waals surface area contributed by atoms with Gasteiger partial charge in [-0.05, 0) is 46.1 Å². The topological polar surface area (TPSA) is 96.5 Å². The van der Waals surface area contributed by atoms with Crippen LogP contribution >= 0.6 is 34.7 Å². The predicted molar refractivity (Wildman–Crippen MR) is 92.6 cm³/mol. The molecule has 2 heterocycles. The molecule has 0 unspecified atom stereocenters. The Hall–Kier alpha value is -2.41. The van der Waals surface area contributed by atoms with E-state index in [4.69, 9.17) is 16.9 Å². The summed E-state index contributed by atoms with van der Waals surface area (Å²) in [6.45, 7) is 0. The van der Waals surface area contributed by atoms with Crippen molar-refractivity contribution in [2.24, 2.45) is 0 Å². The number of thiophene rings is 1. The Labute approximate surface area is 150 Å². The van der Waals surface area contributed by atoms with Crippen molar-refractivity contribution in [2.75, 3.05) is 11.1 Å². The molecule has 10 heteroatoms. The van der Waals surface area contributed by atoms with E-state index < -0.39 is 0 Å². The molecule has 120 valence electrons. The first-order chi connectivity index (χ1) is 11.7. The number of tetrazole rings is 1. The Kier molecular flexibility index (Phi) is 5.10. The van der Waals surface area contributed by atoms with E-state index in [2.05, 4.69) is 20.8 Å². The fraction of sp³-hybridized carbons (Fsp3) is 0.0714. The highest BCUT2D eigenvalue weighted by Crippen LogP contribution is 2.23. The largest absolute Gasteiger partial charge is 0.316 e. The molecule has 0 spiro atoms. The fourth-order valence-corrected chi connectivity index (χ4v) is 3.37. The average Bonchev–Trinajstić information content (AvgIpc) is 3.22. The molecular weight excluding hydrogens is 368 g/mol. The summed E-state index contributed by atoms with van der Waals surface area (Å²) < 4.78 is 1.53. The zero-order valence-electron chi connectivity index (χ0n) is 12.0. The zero-order valence-corrected chi connectivity index (χ0v) is 14.4. The lowest BCUT2D eigenvalue weighted by Crippen LogP contribution is -2.14. The van der Waals surface area contributed by atoms with Gasteiger partial charge in [-0.15, -0.1) is 16.4 Å². The zero-order chi connectivity index (χ0) is 16.9. The second-order valence-corrected chi connectivity index (χ2v) is 6.76. The van der Waals surface area contributed by atoms with Crippen molar-refractivity contribution in [3.63, 3.8) is 0 Å². The molecule has 0 aliphatic heterocycles. The van der Waals surface area contributed by atoms with Crippen LogP contribution in [0.1, 0.15) is 5.56 Å². The molecule has 1 amide bonds. The molecule has 3 rings (SSSR count). The van der Waals surface area contributed by atoms with E-state index in [0.717, 1.165) is 5.69 Å². The minimum atomic E-state index is -0.232. The van der Waals surface area contributed by atoms with Crippen molar-refractivity contribution in [3.05, 3.63) is 46.3 Å². The van der Waals surface area contributed by atoms with Crippen molar-refractivity contribution >= 4 is 45.6 Å². The number of amides is 1. The summed E-state index contributed by atoms with van der Waals surface area (Å²) in [5.74, 6) is -0.110. The molecule has 0 aliphatic rings. The number of nitrogens with one attached hydrogen (secondary N) is 1. The summed E-state index contributed by atoms with van der Waals surface area (Å²) in [6, 6.07) is 10.7. The molecule has 0 bridgehead atoms. The summed E-state index contributed by atoms with van der Waals surface area (Å²) in [7, 11) is 0. The molecule has 1 N–H and O–H groups in total. The molecule has 0 atom stereocenters. The Morgan fingerprint density at radius 1 is 1.38 bits per heavy atom. The molecule has 1 aromatic carbocycles. The third kappa shape index (κ3) is 3.73. The van der Waals surface area contributed by atoms with Gasteiger partial charge in [-0.2, -0.15) is 9.94 Å². The van der Waals surface area contributed by atoms with Gasteiger partial charge in [-0.25, -0.2) is 0 Å². The van der Waals surface area contributed by atoms with E-state index in [1.54, 1.807) is 35.7 Å². The van der Waals surface area contributed by atoms with E-state index in [9.17, 15) is 4.79 Å². The second kappa shape index (κ2) is 7.44. The number of carbonyl (C=O) groups is 1. The smallest absolute Gasteiger partial charge is 0.235 e. The van der Waals surface area contributed by atoms with Crippen LogP contribution in [0.3, 0.4) is 0 Å². The van der Waals surface area contributed by atoms with E-state index >= 15 is 0 Å². The first kappa shape index (κ1) is 16.4. The number of thioether (sulfide) groups is 1. The molecule has 2 aromatic heterocycles. The number of aromatic nitrogens is 4. The van der Waals surface area contributed by atoms with Gasteiger partial charge in [0.15, 0.2) is 0 Å². The van der Waals surface area contributed by atoms with Gasteiger partial charge in [0.1, 0.15) is 11.1 Å². The van der Waals surface area contributed by atoms with Crippen molar-refractivity contribution in [3.8, 4) is 11.8 Å². The standard InChI is InChI=1S/C14H9ClN6OS2/c15-10-1-3-11(4-2-10)21-14(18-19-20-21)24-8-12(22)17-13-9(7-16)5-6-23-13/h1-6H,8H2,(H,17,22). The van der Waals surface area contributed by atoms with Gasteiger partial charge in [-0.3, -0.25) is 4.79 Å². The fourth-order valence-electron chi connectivity index (χ4n) is 1.80. The van der Waals surface area contributed by atoms with Gasteiger partial charge < -0.3 is 5.32 Å². The highest BCUT2D eigenvalue weighted by atomic mass is 35.5. The van der Waals surface area contributed by atoms with Gasteiger partial charge >= 0.3 is 0 Å². The van der Waals surface area contributed by atoms with Crippen LogP contribution in [0, 0.1) is 11.3 Å². The van der Waals surface area contributed by atoms with E-state index in [-0.39, 0.29) is 11.7 Å². The Balaban J connectivity index is 1.65. The first-order valence-electron chi connectivity index (χ1n) is 6.62. The number of hydrogen-bond donors (Lipinski definition) is 1. The van der Waals surface area contributed by atoms with Gasteiger partial charge in [0, 0.05) is 5.02 Å². The number of halogens is 1. The minimum absolute atomic E-state index is 0.122. The lowest BCUT2D eigenvalue weighted by Gasteiger charge is -2.05. The second-order valence-electron chi connectivity index (χ2n) is 4.46. The maximum atomic E-state index is 12.0. The number of nitrogens with zero attached hydrogens (tertiary/aromatic N) is 5. The molecule has 7 nitrogen and oxygen atoms in total. The summed E-state index contributed by atoms with van der Waals surface area (Å²) in [4.78, 5) is 12.0. The summed E-state index contributed by atoms with van der Waals surface area (Å²) in [5, 5.41) is 26.5. The molecular formula is C14H9ClN6OS2. The van der Waals surface area contributed by atoms with Crippen LogP contribution in [0.25, 0.3) is 5.69 Å². The van der Waals surface area contributed by atoms with Crippen LogP contribution in [0.4, 0.5) is 5.00 Å². The number of nitriles is 1. The number of benzene rings is 1. The third-order valence-corrected chi connectivity index (χ3v) is 4.88. The lowest BCUT2D eigenvalue weighted by molar-refractivity contribution is -0.113. The molecule has 0 aliphatic carbocycles. The molecule has 24 heavy (non-hydrogen) atoms. The average molecular weight is 377 g/mol. The summed E-state index contributed by atoms with van der Waals surface area (Å²) in [5.41, 5.74) is 1.20. The van der Waals surface area contributed by atoms with Gasteiger partial charge in [0.05, 0.1) is 17.0 Å². The van der Waals surface area contributed by atoms with Crippen LogP contribution < -0.4 is 5.32 Å². The van der Waals surface area contributed by atoms with Crippen LogP contribution in [-0.2, 0) is 4.79 Å². The van der Waals surface area contributed by atoms with Crippen molar-refractivity contribution in [2.45, 2.75) is 5.16 Å². The number of rotatable bonds is 5. The quantitative estimate of drug-likeness (QED) is 0.687. The molecule has 0 fully saturated rings. The normalized spacial score (nSPS) is 10.3.